The molecule has 1 N–H and O–H groups in total. The quantitative estimate of drug-likeness (QED) is 0.918. The Balaban J connectivity index is 1.92. The molecule has 0 aliphatic carbocycles. The third-order valence-corrected chi connectivity index (χ3v) is 3.61. The van der Waals surface area contributed by atoms with E-state index in [0.717, 1.165) is 21.8 Å². The van der Waals surface area contributed by atoms with Crippen LogP contribution in [0.3, 0.4) is 0 Å². The van der Waals surface area contributed by atoms with E-state index in [2.05, 4.69) is 5.32 Å². The van der Waals surface area contributed by atoms with Crippen LogP contribution in [0.25, 0.3) is 0 Å². The van der Waals surface area contributed by atoms with E-state index in [0.29, 0.717) is 6.54 Å². The number of aryl methyl sites for hydroxylation is 1. The molecule has 1 amide bonds. The summed E-state index contributed by atoms with van der Waals surface area (Å²) in [6.45, 7) is 2.51. The molecule has 94 valence electrons. The third-order valence-electron chi connectivity index (χ3n) is 2.57. The summed E-state index contributed by atoms with van der Waals surface area (Å²) in [5, 5.41) is 4.87. The standard InChI is InChI=1S/C14H15NO2S/c1-10-7-13(18-9-10)14(16)15-8-11-3-5-12(17-2)6-4-11/h3-7,9H,8H2,1-2H3,(H,15,16). The summed E-state index contributed by atoms with van der Waals surface area (Å²) < 4.78 is 5.08. The number of carbonyl (C=O) groups is 1. The first kappa shape index (κ1) is 12.6. The number of benzene rings is 1. The number of rotatable bonds is 4. The zero-order valence-corrected chi connectivity index (χ0v) is 11.2. The van der Waals surface area contributed by atoms with Crippen molar-refractivity contribution in [2.45, 2.75) is 13.5 Å². The van der Waals surface area contributed by atoms with Crippen LogP contribution < -0.4 is 10.1 Å². The van der Waals surface area contributed by atoms with Crippen molar-refractivity contribution in [2.24, 2.45) is 0 Å². The molecule has 0 bridgehead atoms. The Morgan fingerprint density at radius 2 is 2.06 bits per heavy atom. The molecular weight excluding hydrogens is 246 g/mol. The van der Waals surface area contributed by atoms with E-state index in [9.17, 15) is 4.79 Å². The van der Waals surface area contributed by atoms with Crippen molar-refractivity contribution in [3.8, 4) is 5.75 Å². The van der Waals surface area contributed by atoms with E-state index in [1.165, 1.54) is 11.3 Å². The highest BCUT2D eigenvalue weighted by molar-refractivity contribution is 7.12. The topological polar surface area (TPSA) is 38.3 Å². The maximum atomic E-state index is 11.8. The average Bonchev–Trinajstić information content (AvgIpc) is 2.83. The van der Waals surface area contributed by atoms with Crippen molar-refractivity contribution in [1.82, 2.24) is 5.32 Å². The number of hydrogen-bond donors (Lipinski definition) is 1. The summed E-state index contributed by atoms with van der Waals surface area (Å²) in [6, 6.07) is 9.55. The maximum absolute atomic E-state index is 11.8. The Morgan fingerprint density at radius 3 is 2.61 bits per heavy atom. The summed E-state index contributed by atoms with van der Waals surface area (Å²) in [4.78, 5) is 12.6. The Morgan fingerprint density at radius 1 is 1.33 bits per heavy atom. The second-order valence-corrected chi connectivity index (χ2v) is 4.93. The lowest BCUT2D eigenvalue weighted by Gasteiger charge is -2.05. The largest absolute Gasteiger partial charge is 0.497 e. The van der Waals surface area contributed by atoms with Gasteiger partial charge in [0, 0.05) is 6.54 Å². The number of thiophene rings is 1. The minimum absolute atomic E-state index is 0.0241. The van der Waals surface area contributed by atoms with Crippen LogP contribution in [0.1, 0.15) is 20.8 Å². The molecular formula is C14H15NO2S. The highest BCUT2D eigenvalue weighted by Gasteiger charge is 2.07. The zero-order chi connectivity index (χ0) is 13.0. The normalized spacial score (nSPS) is 10.1. The molecule has 1 aromatic heterocycles. The van der Waals surface area contributed by atoms with Gasteiger partial charge in [0.25, 0.3) is 5.91 Å². The van der Waals surface area contributed by atoms with Crippen molar-refractivity contribution < 1.29 is 9.53 Å². The van der Waals surface area contributed by atoms with E-state index < -0.39 is 0 Å². The monoisotopic (exact) mass is 261 g/mol. The van der Waals surface area contributed by atoms with Gasteiger partial charge in [0.2, 0.25) is 0 Å². The predicted molar refractivity (Wildman–Crippen MR) is 73.2 cm³/mol. The Labute approximate surface area is 110 Å². The molecule has 0 atom stereocenters. The molecule has 0 aliphatic heterocycles. The summed E-state index contributed by atoms with van der Waals surface area (Å²) in [5.41, 5.74) is 2.17. The van der Waals surface area contributed by atoms with Gasteiger partial charge in [-0.3, -0.25) is 4.79 Å². The maximum Gasteiger partial charge on any atom is 0.261 e. The highest BCUT2D eigenvalue weighted by atomic mass is 32.1. The van der Waals surface area contributed by atoms with Gasteiger partial charge >= 0.3 is 0 Å². The lowest BCUT2D eigenvalue weighted by molar-refractivity contribution is 0.0955. The fraction of sp³-hybridized carbons (Fsp3) is 0.214. The van der Waals surface area contributed by atoms with Gasteiger partial charge in [-0.25, -0.2) is 0 Å². The van der Waals surface area contributed by atoms with Crippen molar-refractivity contribution in [2.75, 3.05) is 7.11 Å². The fourth-order valence-electron chi connectivity index (χ4n) is 1.56. The van der Waals surface area contributed by atoms with Gasteiger partial charge in [0.05, 0.1) is 12.0 Å². The second-order valence-electron chi connectivity index (χ2n) is 4.02. The number of hydrogen-bond acceptors (Lipinski definition) is 3. The molecule has 0 aliphatic rings. The average molecular weight is 261 g/mol. The van der Waals surface area contributed by atoms with Gasteiger partial charge in [0.1, 0.15) is 5.75 Å². The van der Waals surface area contributed by atoms with Gasteiger partial charge in [-0.15, -0.1) is 11.3 Å². The van der Waals surface area contributed by atoms with E-state index >= 15 is 0 Å². The van der Waals surface area contributed by atoms with Crippen molar-refractivity contribution in [3.63, 3.8) is 0 Å². The number of nitrogens with one attached hydrogen (secondary N) is 1. The molecule has 0 saturated carbocycles. The van der Waals surface area contributed by atoms with Gasteiger partial charge in [-0.05, 0) is 41.6 Å². The van der Waals surface area contributed by atoms with Crippen molar-refractivity contribution in [3.05, 3.63) is 51.7 Å². The summed E-state index contributed by atoms with van der Waals surface area (Å²) in [6.07, 6.45) is 0. The number of methoxy groups -OCH3 is 1. The first-order valence-electron chi connectivity index (χ1n) is 5.65. The summed E-state index contributed by atoms with van der Waals surface area (Å²) >= 11 is 1.47. The van der Waals surface area contributed by atoms with Crippen LogP contribution in [0.2, 0.25) is 0 Å². The Kier molecular flexibility index (Phi) is 3.99. The lowest BCUT2D eigenvalue weighted by Crippen LogP contribution is -2.21. The first-order valence-corrected chi connectivity index (χ1v) is 6.53. The van der Waals surface area contributed by atoms with Gasteiger partial charge in [-0.2, -0.15) is 0 Å². The van der Waals surface area contributed by atoms with Crippen LogP contribution in [0, 0.1) is 6.92 Å². The van der Waals surface area contributed by atoms with Gasteiger partial charge in [0.15, 0.2) is 0 Å². The van der Waals surface area contributed by atoms with Crippen LogP contribution in [-0.4, -0.2) is 13.0 Å². The number of amides is 1. The molecule has 2 rings (SSSR count). The molecule has 4 heteroatoms. The SMILES string of the molecule is COc1ccc(CNC(=O)c2cc(C)cs2)cc1. The zero-order valence-electron chi connectivity index (χ0n) is 10.4. The smallest absolute Gasteiger partial charge is 0.261 e. The number of carbonyl (C=O) groups excluding carboxylic acids is 1. The van der Waals surface area contributed by atoms with Crippen LogP contribution in [-0.2, 0) is 6.54 Å². The van der Waals surface area contributed by atoms with Crippen molar-refractivity contribution >= 4 is 17.2 Å². The lowest BCUT2D eigenvalue weighted by atomic mass is 10.2. The molecule has 18 heavy (non-hydrogen) atoms. The second kappa shape index (κ2) is 5.69. The van der Waals surface area contributed by atoms with E-state index in [4.69, 9.17) is 4.74 Å². The Bertz CT molecular complexity index is 531. The fourth-order valence-corrected chi connectivity index (χ4v) is 2.38. The predicted octanol–water partition coefficient (Wildman–Crippen LogP) is 3.00. The minimum atomic E-state index is -0.0241. The molecule has 0 fully saturated rings. The van der Waals surface area contributed by atoms with Crippen LogP contribution in [0.4, 0.5) is 0 Å². The van der Waals surface area contributed by atoms with Gasteiger partial charge in [-0.1, -0.05) is 12.1 Å². The number of ether oxygens (including phenoxy) is 1. The van der Waals surface area contributed by atoms with Gasteiger partial charge < -0.3 is 10.1 Å². The van der Waals surface area contributed by atoms with E-state index in [1.807, 2.05) is 42.6 Å². The molecule has 0 saturated heterocycles. The molecule has 1 aromatic carbocycles. The summed E-state index contributed by atoms with van der Waals surface area (Å²) in [7, 11) is 1.63. The molecule has 2 aromatic rings. The van der Waals surface area contributed by atoms with Crippen LogP contribution >= 0.6 is 11.3 Å². The van der Waals surface area contributed by atoms with E-state index in [1.54, 1.807) is 7.11 Å². The van der Waals surface area contributed by atoms with Crippen LogP contribution in [0.5, 0.6) is 5.75 Å². The Hall–Kier alpha value is -1.81. The van der Waals surface area contributed by atoms with Crippen molar-refractivity contribution in [1.29, 1.82) is 0 Å². The molecule has 3 nitrogen and oxygen atoms in total. The molecule has 1 heterocycles. The van der Waals surface area contributed by atoms with Crippen LogP contribution in [0.15, 0.2) is 35.7 Å². The molecule has 0 unspecified atom stereocenters. The van der Waals surface area contributed by atoms with E-state index in [-0.39, 0.29) is 5.91 Å². The summed E-state index contributed by atoms with van der Waals surface area (Å²) in [5.74, 6) is 0.794. The molecule has 0 spiro atoms. The third kappa shape index (κ3) is 3.11. The highest BCUT2D eigenvalue weighted by Crippen LogP contribution is 2.14. The molecule has 0 radical (unpaired) electrons. The minimum Gasteiger partial charge on any atom is -0.497 e. The first-order chi connectivity index (χ1) is 8.69.